The highest BCUT2D eigenvalue weighted by atomic mass is 32.2. The van der Waals surface area contributed by atoms with E-state index in [1.54, 1.807) is 25.2 Å². The van der Waals surface area contributed by atoms with Crippen LogP contribution >= 0.6 is 0 Å². The summed E-state index contributed by atoms with van der Waals surface area (Å²) in [7, 11) is -3.95. The molecule has 172 valence electrons. The Bertz CT molecular complexity index is 1200. The number of esters is 1. The molecule has 0 radical (unpaired) electrons. The predicted octanol–water partition coefficient (Wildman–Crippen LogP) is 3.97. The van der Waals surface area contributed by atoms with Crippen LogP contribution < -0.4 is 0 Å². The van der Waals surface area contributed by atoms with Crippen LogP contribution in [0.5, 0.6) is 0 Å². The Balaban J connectivity index is 1.91. The minimum absolute atomic E-state index is 0.0245. The first-order valence-corrected chi connectivity index (χ1v) is 11.7. The van der Waals surface area contributed by atoms with Crippen LogP contribution in [-0.2, 0) is 19.6 Å². The first kappa shape index (κ1) is 24.1. The molecule has 33 heavy (non-hydrogen) atoms. The minimum atomic E-state index is -3.95. The quantitative estimate of drug-likeness (QED) is 0.313. The van der Waals surface area contributed by atoms with Crippen molar-refractivity contribution in [1.82, 2.24) is 4.31 Å². The van der Waals surface area contributed by atoms with Crippen LogP contribution in [0.4, 0.5) is 5.69 Å². The average molecular weight is 469 g/mol. The lowest BCUT2D eigenvalue weighted by Gasteiger charge is -2.18. The second kappa shape index (κ2) is 10.4. The molecule has 0 saturated carbocycles. The second-order valence-corrected chi connectivity index (χ2v) is 9.22. The van der Waals surface area contributed by atoms with Crippen LogP contribution in [0.25, 0.3) is 6.08 Å². The topological polar surface area (TPSA) is 107 Å². The number of ether oxygens (including phenoxy) is 1. The number of benzene rings is 2. The van der Waals surface area contributed by atoms with E-state index in [2.05, 4.69) is 6.58 Å². The molecule has 8 nitrogen and oxygen atoms in total. The maximum atomic E-state index is 13.2. The third kappa shape index (κ3) is 5.44. The highest BCUT2D eigenvalue weighted by molar-refractivity contribution is 7.89. The fourth-order valence-electron chi connectivity index (χ4n) is 3.53. The number of rotatable bonds is 9. The summed E-state index contributed by atoms with van der Waals surface area (Å²) in [6, 6.07) is 14.1. The summed E-state index contributed by atoms with van der Waals surface area (Å²) in [6.07, 6.45) is 5.04. The van der Waals surface area contributed by atoms with Gasteiger partial charge in [0.1, 0.15) is 0 Å². The molecule has 1 unspecified atom stereocenters. The van der Waals surface area contributed by atoms with Crippen LogP contribution in [0, 0.1) is 16.0 Å². The van der Waals surface area contributed by atoms with Crippen molar-refractivity contribution < 1.29 is 22.9 Å². The normalized spacial score (nSPS) is 15.5. The lowest BCUT2D eigenvalue weighted by molar-refractivity contribution is -0.384. The van der Waals surface area contributed by atoms with Crippen molar-refractivity contribution in [2.24, 2.45) is 5.92 Å². The molecular weight excluding hydrogens is 444 g/mol. The molecular formula is C24H24N2O6S. The van der Waals surface area contributed by atoms with Crippen molar-refractivity contribution >= 4 is 27.8 Å². The third-order valence-electron chi connectivity index (χ3n) is 5.23. The van der Waals surface area contributed by atoms with E-state index in [1.165, 1.54) is 16.4 Å². The number of hydrogen-bond acceptors (Lipinski definition) is 6. The molecule has 2 aromatic carbocycles. The van der Waals surface area contributed by atoms with E-state index in [0.29, 0.717) is 11.1 Å². The summed E-state index contributed by atoms with van der Waals surface area (Å²) < 4.78 is 32.8. The number of nitro groups is 1. The van der Waals surface area contributed by atoms with Gasteiger partial charge in [0.05, 0.1) is 22.3 Å². The molecule has 0 saturated heterocycles. The summed E-state index contributed by atoms with van der Waals surface area (Å²) in [5.74, 6) is -1.26. The molecule has 0 aromatic heterocycles. The molecule has 1 aliphatic rings. The van der Waals surface area contributed by atoms with Gasteiger partial charge in [-0.3, -0.25) is 14.9 Å². The summed E-state index contributed by atoms with van der Waals surface area (Å²) in [4.78, 5) is 23.0. The van der Waals surface area contributed by atoms with E-state index in [9.17, 15) is 23.3 Å². The van der Waals surface area contributed by atoms with Gasteiger partial charge in [0.2, 0.25) is 10.0 Å². The largest absolute Gasteiger partial charge is 0.465 e. The van der Waals surface area contributed by atoms with Gasteiger partial charge in [-0.1, -0.05) is 55.1 Å². The number of hydrogen-bond donors (Lipinski definition) is 0. The molecule has 0 spiro atoms. The first-order valence-electron chi connectivity index (χ1n) is 10.3. The summed E-state index contributed by atoms with van der Waals surface area (Å²) >= 11 is 0. The first-order chi connectivity index (χ1) is 15.8. The average Bonchev–Trinajstić information content (AvgIpc) is 3.25. The number of sulfonamides is 1. The monoisotopic (exact) mass is 468 g/mol. The highest BCUT2D eigenvalue weighted by Crippen LogP contribution is 2.32. The molecule has 0 amide bonds. The highest BCUT2D eigenvalue weighted by Gasteiger charge is 2.36. The van der Waals surface area contributed by atoms with Gasteiger partial charge >= 0.3 is 5.97 Å². The SMILES string of the molecule is C=CC1=C(C(/C=C/c2ccccc2)C(=O)OCC)CN(S(=O)(=O)c2ccc([N+](=O)[O-])cc2)C1. The maximum Gasteiger partial charge on any atom is 0.317 e. The molecule has 1 aliphatic heterocycles. The Morgan fingerprint density at radius 2 is 1.85 bits per heavy atom. The number of non-ortho nitro benzene ring substituents is 1. The van der Waals surface area contributed by atoms with E-state index >= 15 is 0 Å². The van der Waals surface area contributed by atoms with Gasteiger partial charge in [0.15, 0.2) is 0 Å². The molecule has 0 fully saturated rings. The van der Waals surface area contributed by atoms with Crippen molar-refractivity contribution in [1.29, 1.82) is 0 Å². The lowest BCUT2D eigenvalue weighted by atomic mass is 9.94. The van der Waals surface area contributed by atoms with E-state index in [0.717, 1.165) is 17.7 Å². The Hall–Kier alpha value is -3.56. The Morgan fingerprint density at radius 3 is 2.42 bits per heavy atom. The van der Waals surface area contributed by atoms with Gasteiger partial charge in [-0.05, 0) is 35.8 Å². The number of nitrogens with zero attached hydrogens (tertiary/aromatic N) is 2. The number of carbonyl (C=O) groups excluding carboxylic acids is 1. The molecule has 0 N–H and O–H groups in total. The lowest BCUT2D eigenvalue weighted by Crippen LogP contribution is -2.31. The fraction of sp³-hybridized carbons (Fsp3) is 0.208. The van der Waals surface area contributed by atoms with Crippen LogP contribution in [0.3, 0.4) is 0 Å². The zero-order valence-electron chi connectivity index (χ0n) is 18.1. The zero-order valence-corrected chi connectivity index (χ0v) is 18.9. The van der Waals surface area contributed by atoms with Gasteiger partial charge < -0.3 is 4.74 Å². The molecule has 3 rings (SSSR count). The van der Waals surface area contributed by atoms with Crippen LogP contribution in [0.15, 0.2) is 89.4 Å². The molecule has 0 aliphatic carbocycles. The van der Waals surface area contributed by atoms with Crippen molar-refractivity contribution in [3.05, 3.63) is 100 Å². The standard InChI is InChI=1S/C24H24N2O6S/c1-3-19-16-25(33(30,31)21-13-11-20(12-14-21)26(28)29)17-23(19)22(24(27)32-4-2)15-10-18-8-6-5-7-9-18/h3,5-15,22H,1,4,16-17H2,2H3/b15-10+. The van der Waals surface area contributed by atoms with E-state index in [4.69, 9.17) is 4.74 Å². The third-order valence-corrected chi connectivity index (χ3v) is 7.04. The van der Waals surface area contributed by atoms with Gasteiger partial charge in [-0.2, -0.15) is 4.31 Å². The predicted molar refractivity (Wildman–Crippen MR) is 125 cm³/mol. The summed E-state index contributed by atoms with van der Waals surface area (Å²) in [5, 5.41) is 10.9. The van der Waals surface area contributed by atoms with E-state index in [1.807, 2.05) is 30.3 Å². The molecule has 2 aromatic rings. The maximum absolute atomic E-state index is 13.2. The minimum Gasteiger partial charge on any atom is -0.465 e. The van der Waals surface area contributed by atoms with Crippen LogP contribution in [0.1, 0.15) is 12.5 Å². The Morgan fingerprint density at radius 1 is 1.18 bits per heavy atom. The second-order valence-electron chi connectivity index (χ2n) is 7.28. The van der Waals surface area contributed by atoms with Crippen molar-refractivity contribution in [2.75, 3.05) is 19.7 Å². The van der Waals surface area contributed by atoms with Gasteiger partial charge in [-0.25, -0.2) is 8.42 Å². The van der Waals surface area contributed by atoms with Gasteiger partial charge in [-0.15, -0.1) is 0 Å². The van der Waals surface area contributed by atoms with Crippen LogP contribution in [0.2, 0.25) is 0 Å². The summed E-state index contributed by atoms with van der Waals surface area (Å²) in [6.45, 7) is 5.70. The van der Waals surface area contributed by atoms with Crippen LogP contribution in [-0.4, -0.2) is 43.3 Å². The van der Waals surface area contributed by atoms with Gasteiger partial charge in [0.25, 0.3) is 5.69 Å². The van der Waals surface area contributed by atoms with Crippen molar-refractivity contribution in [3.63, 3.8) is 0 Å². The number of carbonyl (C=O) groups is 1. The molecule has 1 atom stereocenters. The Kier molecular flexibility index (Phi) is 7.57. The smallest absolute Gasteiger partial charge is 0.317 e. The summed E-state index contributed by atoms with van der Waals surface area (Å²) in [5.41, 5.74) is 1.90. The Labute approximate surface area is 192 Å². The zero-order chi connectivity index (χ0) is 24.0. The van der Waals surface area contributed by atoms with Crippen molar-refractivity contribution in [2.45, 2.75) is 11.8 Å². The van der Waals surface area contributed by atoms with Crippen molar-refractivity contribution in [3.8, 4) is 0 Å². The number of nitro benzene ring substituents is 1. The van der Waals surface area contributed by atoms with E-state index < -0.39 is 26.8 Å². The molecule has 1 heterocycles. The molecule has 0 bridgehead atoms. The van der Waals surface area contributed by atoms with Gasteiger partial charge in [0, 0.05) is 25.2 Å². The fourth-order valence-corrected chi connectivity index (χ4v) is 4.93. The van der Waals surface area contributed by atoms with E-state index in [-0.39, 0.29) is 30.3 Å². The molecule has 9 heteroatoms.